The first-order valence-electron chi connectivity index (χ1n) is 8.52. The van der Waals surface area contributed by atoms with Crippen LogP contribution < -0.4 is 9.64 Å². The van der Waals surface area contributed by atoms with Gasteiger partial charge in [-0.3, -0.25) is 4.79 Å². The van der Waals surface area contributed by atoms with Gasteiger partial charge in [0.25, 0.3) is 5.91 Å². The topological polar surface area (TPSA) is 71.5 Å². The lowest BCUT2D eigenvalue weighted by molar-refractivity contribution is -0.137. The Balaban J connectivity index is 1.66. The molecule has 0 bridgehead atoms. The Hall–Kier alpha value is -2.62. The Morgan fingerprint density at radius 3 is 2.57 bits per heavy atom. The van der Waals surface area contributed by atoms with Crippen molar-refractivity contribution in [3.8, 4) is 5.88 Å². The molecular formula is C17H17ClF3N5O2. The van der Waals surface area contributed by atoms with Crippen molar-refractivity contribution < 1.29 is 22.7 Å². The van der Waals surface area contributed by atoms with E-state index >= 15 is 0 Å². The fraction of sp³-hybridized carbons (Fsp3) is 0.412. The van der Waals surface area contributed by atoms with Crippen molar-refractivity contribution in [3.05, 3.63) is 40.8 Å². The number of piperazine rings is 1. The maximum atomic E-state index is 12.7. The van der Waals surface area contributed by atoms with Gasteiger partial charge in [-0.1, -0.05) is 11.6 Å². The summed E-state index contributed by atoms with van der Waals surface area (Å²) in [5, 5.41) is -0.324. The quantitative estimate of drug-likeness (QED) is 0.764. The lowest BCUT2D eigenvalue weighted by atomic mass is 10.2. The Bertz CT molecular complexity index is 857. The Kier molecular flexibility index (Phi) is 5.87. The van der Waals surface area contributed by atoms with Crippen molar-refractivity contribution in [3.63, 3.8) is 0 Å². The van der Waals surface area contributed by atoms with Gasteiger partial charge in [0.2, 0.25) is 11.8 Å². The Labute approximate surface area is 164 Å². The molecule has 28 heavy (non-hydrogen) atoms. The summed E-state index contributed by atoms with van der Waals surface area (Å²) >= 11 is 5.87. The number of pyridine rings is 1. The molecule has 1 aliphatic heterocycles. The van der Waals surface area contributed by atoms with Crippen molar-refractivity contribution in [2.24, 2.45) is 0 Å². The van der Waals surface area contributed by atoms with Crippen LogP contribution in [0.25, 0.3) is 0 Å². The van der Waals surface area contributed by atoms with Crippen LogP contribution in [0, 0.1) is 0 Å². The molecule has 0 N–H and O–H groups in total. The smallest absolute Gasteiger partial charge is 0.417 e. The van der Waals surface area contributed by atoms with Gasteiger partial charge in [-0.05, 0) is 13.0 Å². The number of hydrogen-bond acceptors (Lipinski definition) is 6. The number of alkyl halides is 3. The third-order valence-corrected chi connectivity index (χ3v) is 4.42. The minimum atomic E-state index is -4.57. The number of hydrogen-bond donors (Lipinski definition) is 0. The highest BCUT2D eigenvalue weighted by atomic mass is 35.5. The zero-order chi connectivity index (χ0) is 20.3. The zero-order valence-corrected chi connectivity index (χ0v) is 15.7. The summed E-state index contributed by atoms with van der Waals surface area (Å²) < 4.78 is 43.5. The molecule has 0 spiro atoms. The fourth-order valence-electron chi connectivity index (χ4n) is 2.72. The predicted molar refractivity (Wildman–Crippen MR) is 95.6 cm³/mol. The summed E-state index contributed by atoms with van der Waals surface area (Å²) in [5.41, 5.74) is -1.19. The van der Waals surface area contributed by atoms with Crippen molar-refractivity contribution in [1.82, 2.24) is 19.9 Å². The van der Waals surface area contributed by atoms with Gasteiger partial charge in [-0.15, -0.1) is 0 Å². The highest BCUT2D eigenvalue weighted by Crippen LogP contribution is 2.31. The predicted octanol–water partition coefficient (Wildman–Crippen LogP) is 2.90. The normalized spacial score (nSPS) is 14.9. The summed E-state index contributed by atoms with van der Waals surface area (Å²) in [6.45, 7) is 3.92. The van der Waals surface area contributed by atoms with Crippen molar-refractivity contribution in [1.29, 1.82) is 0 Å². The zero-order valence-electron chi connectivity index (χ0n) is 14.9. The summed E-state index contributed by atoms with van der Waals surface area (Å²) in [4.78, 5) is 28.1. The van der Waals surface area contributed by atoms with Crippen LogP contribution in [-0.2, 0) is 6.18 Å². The fourth-order valence-corrected chi connectivity index (χ4v) is 2.97. The van der Waals surface area contributed by atoms with E-state index in [1.54, 1.807) is 12.3 Å². The van der Waals surface area contributed by atoms with Crippen LogP contribution in [0.2, 0.25) is 5.02 Å². The average molecular weight is 416 g/mol. The second-order valence-electron chi connectivity index (χ2n) is 5.96. The molecule has 1 fully saturated rings. The highest BCUT2D eigenvalue weighted by molar-refractivity contribution is 6.33. The van der Waals surface area contributed by atoms with Gasteiger partial charge in [0, 0.05) is 44.6 Å². The number of carbonyl (C=O) groups excluding carboxylic acids is 1. The molecule has 0 radical (unpaired) electrons. The standard InChI is InChI=1S/C17H17ClF3N5O2/c1-2-28-13-3-4-22-16(24-13)26-7-5-25(6-8-26)15(27)14-12(18)9-11(10-23-14)17(19,20)21/h3-4,9-10H,2,5-8H2,1H3. The number of amides is 1. The van der Waals surface area contributed by atoms with E-state index < -0.39 is 17.6 Å². The van der Waals surface area contributed by atoms with Crippen LogP contribution in [0.3, 0.4) is 0 Å². The first-order valence-corrected chi connectivity index (χ1v) is 8.90. The van der Waals surface area contributed by atoms with E-state index in [4.69, 9.17) is 16.3 Å². The van der Waals surface area contributed by atoms with Crippen molar-refractivity contribution >= 4 is 23.5 Å². The second-order valence-corrected chi connectivity index (χ2v) is 6.37. The third-order valence-electron chi connectivity index (χ3n) is 4.13. The van der Waals surface area contributed by atoms with E-state index in [2.05, 4.69) is 15.0 Å². The summed E-state index contributed by atoms with van der Waals surface area (Å²) in [6.07, 6.45) is -2.36. The van der Waals surface area contributed by atoms with E-state index in [0.717, 1.165) is 0 Å². The molecule has 3 heterocycles. The number of ether oxygens (including phenoxy) is 1. The molecular weight excluding hydrogens is 399 g/mol. The van der Waals surface area contributed by atoms with Gasteiger partial charge in [-0.2, -0.15) is 18.2 Å². The number of aromatic nitrogens is 3. The van der Waals surface area contributed by atoms with Crippen LogP contribution >= 0.6 is 11.6 Å². The van der Waals surface area contributed by atoms with E-state index in [1.165, 1.54) is 4.90 Å². The van der Waals surface area contributed by atoms with Crippen LogP contribution in [0.4, 0.5) is 19.1 Å². The molecule has 1 amide bonds. The summed E-state index contributed by atoms with van der Waals surface area (Å²) in [7, 11) is 0. The van der Waals surface area contributed by atoms with Crippen molar-refractivity contribution in [2.75, 3.05) is 37.7 Å². The van der Waals surface area contributed by atoms with Crippen LogP contribution in [0.15, 0.2) is 24.5 Å². The molecule has 0 saturated carbocycles. The SMILES string of the molecule is CCOc1ccnc(N2CCN(C(=O)c3ncc(C(F)(F)F)cc3Cl)CC2)n1. The molecule has 2 aromatic rings. The molecule has 1 aliphatic rings. The summed E-state index contributed by atoms with van der Waals surface area (Å²) in [6, 6.07) is 2.37. The number of anilines is 1. The van der Waals surface area contributed by atoms with Gasteiger partial charge >= 0.3 is 6.18 Å². The molecule has 0 unspecified atom stereocenters. The number of halogens is 4. The third kappa shape index (κ3) is 4.44. The minimum absolute atomic E-state index is 0.197. The Morgan fingerprint density at radius 1 is 1.25 bits per heavy atom. The second kappa shape index (κ2) is 8.17. The largest absolute Gasteiger partial charge is 0.478 e. The lowest BCUT2D eigenvalue weighted by Gasteiger charge is -2.34. The maximum Gasteiger partial charge on any atom is 0.417 e. The molecule has 3 rings (SSSR count). The molecule has 2 aromatic heterocycles. The van der Waals surface area contributed by atoms with E-state index in [0.29, 0.717) is 56.9 Å². The molecule has 150 valence electrons. The molecule has 1 saturated heterocycles. The summed E-state index contributed by atoms with van der Waals surface area (Å²) in [5.74, 6) is 0.442. The minimum Gasteiger partial charge on any atom is -0.478 e. The van der Waals surface area contributed by atoms with Crippen LogP contribution in [-0.4, -0.2) is 58.5 Å². The van der Waals surface area contributed by atoms with Gasteiger partial charge in [-0.25, -0.2) is 9.97 Å². The van der Waals surface area contributed by atoms with Crippen LogP contribution in [0.1, 0.15) is 23.0 Å². The van der Waals surface area contributed by atoms with Crippen LogP contribution in [0.5, 0.6) is 5.88 Å². The first-order chi connectivity index (χ1) is 13.3. The van der Waals surface area contributed by atoms with Gasteiger partial charge in [0.15, 0.2) is 0 Å². The molecule has 11 heteroatoms. The molecule has 0 aromatic carbocycles. The molecule has 0 aliphatic carbocycles. The molecule has 0 atom stereocenters. The number of carbonyl (C=O) groups is 1. The number of rotatable bonds is 4. The average Bonchev–Trinajstić information content (AvgIpc) is 2.67. The van der Waals surface area contributed by atoms with E-state index in [9.17, 15) is 18.0 Å². The number of nitrogens with zero attached hydrogens (tertiary/aromatic N) is 5. The maximum absolute atomic E-state index is 12.7. The first kappa shape index (κ1) is 20.1. The monoisotopic (exact) mass is 415 g/mol. The van der Waals surface area contributed by atoms with Crippen molar-refractivity contribution in [2.45, 2.75) is 13.1 Å². The van der Waals surface area contributed by atoms with Gasteiger partial charge in [0.1, 0.15) is 5.69 Å². The van der Waals surface area contributed by atoms with Gasteiger partial charge in [0.05, 0.1) is 17.2 Å². The molecule has 7 nitrogen and oxygen atoms in total. The van der Waals surface area contributed by atoms with Gasteiger partial charge < -0.3 is 14.5 Å². The Morgan fingerprint density at radius 2 is 1.96 bits per heavy atom. The highest BCUT2D eigenvalue weighted by Gasteiger charge is 2.33. The van der Waals surface area contributed by atoms with E-state index in [-0.39, 0.29) is 10.7 Å². The lowest BCUT2D eigenvalue weighted by Crippen LogP contribution is -2.49. The van der Waals surface area contributed by atoms with E-state index in [1.807, 2.05) is 11.8 Å².